The third-order valence-electron chi connectivity index (χ3n) is 4.96. The predicted molar refractivity (Wildman–Crippen MR) is 130 cm³/mol. The highest BCUT2D eigenvalue weighted by atomic mass is 32.2. The van der Waals surface area contributed by atoms with Gasteiger partial charge in [-0.15, -0.1) is 0 Å². The SMILES string of the molecule is O=S(=O)(c1ccc(NC(=S)NN(c2ccccc2)c2ccccc2)cc1)N1CCOCC1. The highest BCUT2D eigenvalue weighted by Crippen LogP contribution is 2.23. The lowest BCUT2D eigenvalue weighted by Crippen LogP contribution is -2.41. The van der Waals surface area contributed by atoms with E-state index in [9.17, 15) is 8.42 Å². The third-order valence-corrected chi connectivity index (χ3v) is 7.07. The van der Waals surface area contributed by atoms with Gasteiger partial charge in [0.1, 0.15) is 0 Å². The maximum absolute atomic E-state index is 12.8. The molecule has 0 amide bonds. The van der Waals surface area contributed by atoms with Crippen molar-refractivity contribution < 1.29 is 13.2 Å². The number of nitrogens with zero attached hydrogens (tertiary/aromatic N) is 2. The van der Waals surface area contributed by atoms with Crippen molar-refractivity contribution in [3.05, 3.63) is 84.9 Å². The van der Waals surface area contributed by atoms with E-state index in [1.54, 1.807) is 24.3 Å². The molecule has 2 N–H and O–H groups in total. The van der Waals surface area contributed by atoms with E-state index in [0.717, 1.165) is 11.4 Å². The first-order valence-corrected chi connectivity index (χ1v) is 12.0. The van der Waals surface area contributed by atoms with Crippen LogP contribution in [-0.4, -0.2) is 44.1 Å². The number of nitrogens with one attached hydrogen (secondary N) is 2. The summed E-state index contributed by atoms with van der Waals surface area (Å²) in [6.07, 6.45) is 0. The summed E-state index contributed by atoms with van der Waals surface area (Å²) in [5, 5.41) is 5.38. The molecule has 32 heavy (non-hydrogen) atoms. The molecule has 1 aliphatic rings. The van der Waals surface area contributed by atoms with Crippen molar-refractivity contribution in [1.82, 2.24) is 9.73 Å². The monoisotopic (exact) mass is 468 g/mol. The summed E-state index contributed by atoms with van der Waals surface area (Å²) in [5.74, 6) is 0. The molecule has 0 radical (unpaired) electrons. The second-order valence-corrected chi connectivity index (χ2v) is 9.46. The summed E-state index contributed by atoms with van der Waals surface area (Å²) in [6.45, 7) is 1.56. The Labute approximate surface area is 193 Å². The average molecular weight is 469 g/mol. The molecule has 0 aliphatic carbocycles. The summed E-state index contributed by atoms with van der Waals surface area (Å²) in [4.78, 5) is 0.249. The summed E-state index contributed by atoms with van der Waals surface area (Å²) < 4.78 is 32.3. The molecule has 3 aromatic rings. The minimum Gasteiger partial charge on any atom is -0.379 e. The molecule has 0 saturated carbocycles. The first-order valence-electron chi connectivity index (χ1n) is 10.2. The lowest BCUT2D eigenvalue weighted by molar-refractivity contribution is 0.0730. The molecule has 7 nitrogen and oxygen atoms in total. The fourth-order valence-electron chi connectivity index (χ4n) is 3.34. The highest BCUT2D eigenvalue weighted by Gasteiger charge is 2.26. The quantitative estimate of drug-likeness (QED) is 0.422. The minimum atomic E-state index is -3.53. The van der Waals surface area contributed by atoms with Gasteiger partial charge in [0.05, 0.1) is 29.5 Å². The van der Waals surface area contributed by atoms with Crippen LogP contribution in [0.4, 0.5) is 17.1 Å². The number of hydrazine groups is 1. The fraction of sp³-hybridized carbons (Fsp3) is 0.174. The number of thiocarbonyl (C=S) groups is 1. The average Bonchev–Trinajstić information content (AvgIpc) is 2.84. The molecule has 0 aromatic heterocycles. The first-order chi connectivity index (χ1) is 15.5. The second kappa shape index (κ2) is 10.1. The smallest absolute Gasteiger partial charge is 0.243 e. The van der Waals surface area contributed by atoms with Crippen LogP contribution >= 0.6 is 12.2 Å². The van der Waals surface area contributed by atoms with E-state index in [1.807, 2.05) is 65.7 Å². The zero-order chi connectivity index (χ0) is 22.4. The van der Waals surface area contributed by atoms with Gasteiger partial charge in [0, 0.05) is 18.8 Å². The second-order valence-electron chi connectivity index (χ2n) is 7.11. The van der Waals surface area contributed by atoms with Gasteiger partial charge in [-0.2, -0.15) is 4.31 Å². The topological polar surface area (TPSA) is 73.9 Å². The van der Waals surface area contributed by atoms with Gasteiger partial charge < -0.3 is 10.1 Å². The van der Waals surface area contributed by atoms with Crippen molar-refractivity contribution in [3.8, 4) is 0 Å². The number of benzene rings is 3. The number of hydrogen-bond donors (Lipinski definition) is 2. The van der Waals surface area contributed by atoms with Crippen LogP contribution < -0.4 is 15.8 Å². The molecule has 1 fully saturated rings. The Balaban J connectivity index is 1.46. The van der Waals surface area contributed by atoms with Crippen LogP contribution in [-0.2, 0) is 14.8 Å². The number of hydrogen-bond acceptors (Lipinski definition) is 5. The number of morpholine rings is 1. The molecular weight excluding hydrogens is 444 g/mol. The number of rotatable bonds is 6. The summed E-state index contributed by atoms with van der Waals surface area (Å²) in [5.41, 5.74) is 5.74. The third kappa shape index (κ3) is 5.25. The summed E-state index contributed by atoms with van der Waals surface area (Å²) in [7, 11) is -3.53. The van der Waals surface area contributed by atoms with Crippen LogP contribution in [0.25, 0.3) is 0 Å². The molecule has 0 atom stereocenters. The number of sulfonamides is 1. The standard InChI is InChI=1S/C23H24N4O3S2/c28-32(29,26-15-17-30-18-16-26)22-13-11-19(12-14-22)24-23(31)25-27(20-7-3-1-4-8-20)21-9-5-2-6-10-21/h1-14H,15-18H2,(H2,24,25,31). The summed E-state index contributed by atoms with van der Waals surface area (Å²) in [6, 6.07) is 26.2. The Kier molecular flexibility index (Phi) is 7.01. The molecule has 1 heterocycles. The van der Waals surface area contributed by atoms with Crippen LogP contribution in [0, 0.1) is 0 Å². The van der Waals surface area contributed by atoms with E-state index >= 15 is 0 Å². The van der Waals surface area contributed by atoms with E-state index in [-0.39, 0.29) is 4.90 Å². The van der Waals surface area contributed by atoms with Crippen LogP contribution in [0.2, 0.25) is 0 Å². The van der Waals surface area contributed by atoms with Gasteiger partial charge in [-0.05, 0) is 60.7 Å². The fourth-order valence-corrected chi connectivity index (χ4v) is 4.96. The zero-order valence-electron chi connectivity index (χ0n) is 17.3. The predicted octanol–water partition coefficient (Wildman–Crippen LogP) is 3.75. The maximum atomic E-state index is 12.8. The van der Waals surface area contributed by atoms with E-state index in [4.69, 9.17) is 17.0 Å². The van der Waals surface area contributed by atoms with Crippen molar-refractivity contribution in [2.75, 3.05) is 36.6 Å². The van der Waals surface area contributed by atoms with Crippen LogP contribution in [0.15, 0.2) is 89.8 Å². The van der Waals surface area contributed by atoms with E-state index in [1.165, 1.54) is 4.31 Å². The lowest BCUT2D eigenvalue weighted by atomic mass is 10.2. The number of ether oxygens (including phenoxy) is 1. The summed E-state index contributed by atoms with van der Waals surface area (Å²) >= 11 is 5.52. The van der Waals surface area contributed by atoms with Crippen molar-refractivity contribution in [2.45, 2.75) is 4.90 Å². The van der Waals surface area contributed by atoms with Crippen molar-refractivity contribution in [2.24, 2.45) is 0 Å². The van der Waals surface area contributed by atoms with Crippen LogP contribution in [0.3, 0.4) is 0 Å². The lowest BCUT2D eigenvalue weighted by Gasteiger charge is -2.27. The van der Waals surface area contributed by atoms with Gasteiger partial charge in [-0.25, -0.2) is 8.42 Å². The normalized spacial score (nSPS) is 14.5. The number of para-hydroxylation sites is 2. The van der Waals surface area contributed by atoms with E-state index in [0.29, 0.717) is 37.1 Å². The largest absolute Gasteiger partial charge is 0.379 e. The Morgan fingerprint density at radius 3 is 1.91 bits per heavy atom. The Bertz CT molecular complexity index is 1100. The van der Waals surface area contributed by atoms with Gasteiger partial charge in [-0.1, -0.05) is 36.4 Å². The first kappa shape index (κ1) is 22.2. The molecule has 0 unspecified atom stereocenters. The van der Waals surface area contributed by atoms with Crippen LogP contribution in [0.1, 0.15) is 0 Å². The van der Waals surface area contributed by atoms with Gasteiger partial charge in [0.15, 0.2) is 5.11 Å². The van der Waals surface area contributed by atoms with Gasteiger partial charge in [0.2, 0.25) is 10.0 Å². The molecule has 3 aromatic carbocycles. The van der Waals surface area contributed by atoms with Gasteiger partial charge >= 0.3 is 0 Å². The highest BCUT2D eigenvalue weighted by molar-refractivity contribution is 7.89. The molecule has 1 saturated heterocycles. The van der Waals surface area contributed by atoms with Gasteiger partial charge in [-0.3, -0.25) is 10.4 Å². The minimum absolute atomic E-state index is 0.249. The maximum Gasteiger partial charge on any atom is 0.243 e. The zero-order valence-corrected chi connectivity index (χ0v) is 19.0. The van der Waals surface area contributed by atoms with E-state index < -0.39 is 10.0 Å². The van der Waals surface area contributed by atoms with Crippen molar-refractivity contribution >= 4 is 44.4 Å². The number of anilines is 3. The molecule has 9 heteroatoms. The molecule has 166 valence electrons. The van der Waals surface area contributed by atoms with Gasteiger partial charge in [0.25, 0.3) is 0 Å². The Morgan fingerprint density at radius 2 is 1.38 bits per heavy atom. The van der Waals surface area contributed by atoms with Crippen molar-refractivity contribution in [1.29, 1.82) is 0 Å². The molecule has 4 rings (SSSR count). The molecule has 1 aliphatic heterocycles. The van der Waals surface area contributed by atoms with E-state index in [2.05, 4.69) is 10.7 Å². The Hall–Kier alpha value is -2.98. The van der Waals surface area contributed by atoms with Crippen LogP contribution in [0.5, 0.6) is 0 Å². The molecule has 0 spiro atoms. The molecular formula is C23H24N4O3S2. The Morgan fingerprint density at radius 1 is 0.844 bits per heavy atom. The molecule has 0 bridgehead atoms. The van der Waals surface area contributed by atoms with Crippen molar-refractivity contribution in [3.63, 3.8) is 0 Å².